The summed E-state index contributed by atoms with van der Waals surface area (Å²) in [6, 6.07) is 0.377. The Bertz CT molecular complexity index is 1140. The molecule has 0 radical (unpaired) electrons. The van der Waals surface area contributed by atoms with E-state index in [1.807, 2.05) is 34.6 Å². The summed E-state index contributed by atoms with van der Waals surface area (Å²) in [5, 5.41) is 8.16. The number of nitrogens with one attached hydrogen (secondary N) is 3. The van der Waals surface area contributed by atoms with E-state index < -0.39 is 47.2 Å². The summed E-state index contributed by atoms with van der Waals surface area (Å²) in [7, 11) is 0. The van der Waals surface area contributed by atoms with E-state index in [2.05, 4.69) is 34.5 Å². The fraction of sp³-hybridized carbons (Fsp3) is 0.706. The van der Waals surface area contributed by atoms with Gasteiger partial charge in [0.1, 0.15) is 24.5 Å². The standard InChI is InChI=1S/C25H43N5O5.C6H6O3.C3H8/c1-7-27-24(35)29-20(25(4,5)6)23(34)30-13-16(14(2)3)12-18(30)22(33)28-17(19(31)21(26)32)11-15-9-8-10-15;7-5-8-4-6-2-1-3-9-6;1-3-2/h14-18,20H,7-13H2,1-6H3,(H2,26,32)(H,28,33)(H2,27,29,35);1-3,5H,4H2;3H2,1-2H3. The first-order valence-electron chi connectivity index (χ1n) is 16.7. The van der Waals surface area contributed by atoms with Crippen molar-refractivity contribution < 1.29 is 37.9 Å². The zero-order valence-electron chi connectivity index (χ0n) is 29.4. The predicted molar refractivity (Wildman–Crippen MR) is 178 cm³/mol. The van der Waals surface area contributed by atoms with E-state index in [1.54, 1.807) is 19.1 Å². The highest BCUT2D eigenvalue weighted by atomic mass is 16.5. The van der Waals surface area contributed by atoms with Crippen LogP contribution in [0.3, 0.4) is 0 Å². The minimum Gasteiger partial charge on any atom is -0.466 e. The van der Waals surface area contributed by atoms with Crippen molar-refractivity contribution in [3.05, 3.63) is 24.2 Å². The summed E-state index contributed by atoms with van der Waals surface area (Å²) >= 11 is 0. The lowest BCUT2D eigenvalue weighted by Crippen LogP contribution is -2.60. The molecule has 1 saturated heterocycles. The Kier molecular flexibility index (Phi) is 17.8. The second-order valence-corrected chi connectivity index (χ2v) is 13.6. The topological polar surface area (TPSA) is 190 Å². The summed E-state index contributed by atoms with van der Waals surface area (Å²) in [6.45, 7) is 17.1. The Morgan fingerprint density at radius 3 is 2.19 bits per heavy atom. The third-order valence-electron chi connectivity index (χ3n) is 8.13. The minimum absolute atomic E-state index is 0.0803. The van der Waals surface area contributed by atoms with Gasteiger partial charge < -0.3 is 35.7 Å². The van der Waals surface area contributed by atoms with E-state index >= 15 is 0 Å². The molecule has 1 aromatic rings. The van der Waals surface area contributed by atoms with Crippen molar-refractivity contribution in [1.82, 2.24) is 20.9 Å². The molecule has 47 heavy (non-hydrogen) atoms. The van der Waals surface area contributed by atoms with Gasteiger partial charge in [0, 0.05) is 13.1 Å². The molecule has 0 bridgehead atoms. The molecule has 2 aliphatic rings. The number of ketones is 1. The van der Waals surface area contributed by atoms with E-state index in [0.29, 0.717) is 38.2 Å². The molecule has 1 aliphatic carbocycles. The number of carbonyl (C=O) groups excluding carboxylic acids is 6. The number of urea groups is 1. The highest BCUT2D eigenvalue weighted by Gasteiger charge is 2.46. The van der Waals surface area contributed by atoms with E-state index in [9.17, 15) is 28.8 Å². The van der Waals surface area contributed by atoms with Crippen molar-refractivity contribution in [2.45, 2.75) is 119 Å². The van der Waals surface area contributed by atoms with Crippen LogP contribution in [0, 0.1) is 23.2 Å². The van der Waals surface area contributed by atoms with E-state index in [-0.39, 0.29) is 30.3 Å². The molecule has 5 amide bonds. The average Bonchev–Trinajstić information content (AvgIpc) is 3.66. The molecular weight excluding hydrogens is 606 g/mol. The smallest absolute Gasteiger partial charge is 0.315 e. The van der Waals surface area contributed by atoms with Crippen molar-refractivity contribution in [2.75, 3.05) is 13.1 Å². The van der Waals surface area contributed by atoms with Crippen LogP contribution in [-0.2, 0) is 35.3 Å². The lowest BCUT2D eigenvalue weighted by molar-refractivity contribution is -0.143. The summed E-state index contributed by atoms with van der Waals surface area (Å²) < 4.78 is 9.26. The van der Waals surface area contributed by atoms with Crippen LogP contribution in [0.15, 0.2) is 22.8 Å². The molecule has 3 rings (SSSR count). The predicted octanol–water partition coefficient (Wildman–Crippen LogP) is 3.69. The van der Waals surface area contributed by atoms with Gasteiger partial charge in [-0.05, 0) is 55.1 Å². The van der Waals surface area contributed by atoms with Gasteiger partial charge in [-0.2, -0.15) is 0 Å². The Balaban J connectivity index is 0.000000771. The number of Topliss-reactive ketones (excluding diaryl/α,β-unsaturated/α-hetero) is 1. The zero-order chi connectivity index (χ0) is 35.7. The molecule has 13 nitrogen and oxygen atoms in total. The number of primary amides is 1. The second kappa shape index (κ2) is 20.4. The minimum atomic E-state index is -1.08. The molecule has 2 heterocycles. The number of nitrogens with two attached hydrogens (primary N) is 1. The third kappa shape index (κ3) is 13.8. The van der Waals surface area contributed by atoms with Crippen molar-refractivity contribution in [1.29, 1.82) is 0 Å². The molecule has 266 valence electrons. The average molecular weight is 664 g/mol. The molecule has 5 N–H and O–H groups in total. The Morgan fingerprint density at radius 2 is 1.74 bits per heavy atom. The Hall–Kier alpha value is -3.90. The second-order valence-electron chi connectivity index (χ2n) is 13.6. The van der Waals surface area contributed by atoms with Gasteiger partial charge in [-0.1, -0.05) is 74.1 Å². The first-order valence-corrected chi connectivity index (χ1v) is 16.7. The maximum atomic E-state index is 13.7. The van der Waals surface area contributed by atoms with Crippen LogP contribution in [0.2, 0.25) is 0 Å². The maximum absolute atomic E-state index is 13.7. The van der Waals surface area contributed by atoms with Gasteiger partial charge in [-0.15, -0.1) is 0 Å². The SMILES string of the molecule is CCC.CCNC(=O)NC(C(=O)N1CC(C(C)C)CC1C(=O)NC(CC1CCC1)C(=O)C(N)=O)C(C)(C)C.O=COCc1ccco1. The number of rotatable bonds is 13. The number of furan rings is 1. The van der Waals surface area contributed by atoms with E-state index in [4.69, 9.17) is 10.2 Å². The molecule has 4 unspecified atom stereocenters. The lowest BCUT2D eigenvalue weighted by Gasteiger charge is -2.36. The van der Waals surface area contributed by atoms with Gasteiger partial charge in [0.25, 0.3) is 12.4 Å². The number of likely N-dealkylation sites (tertiary alicyclic amines) is 1. The Morgan fingerprint density at radius 1 is 1.11 bits per heavy atom. The molecule has 0 spiro atoms. The normalized spacial score (nSPS) is 18.6. The summed E-state index contributed by atoms with van der Waals surface area (Å²) in [4.78, 5) is 74.7. The fourth-order valence-electron chi connectivity index (χ4n) is 5.24. The van der Waals surface area contributed by atoms with Crippen molar-refractivity contribution in [2.24, 2.45) is 28.9 Å². The Labute approximate surface area is 279 Å². The summed E-state index contributed by atoms with van der Waals surface area (Å²) in [5.41, 5.74) is 4.64. The summed E-state index contributed by atoms with van der Waals surface area (Å²) in [5.74, 6) is -1.47. The fourth-order valence-corrected chi connectivity index (χ4v) is 5.24. The maximum Gasteiger partial charge on any atom is 0.315 e. The van der Waals surface area contributed by atoms with Crippen LogP contribution in [0.1, 0.15) is 99.7 Å². The van der Waals surface area contributed by atoms with Crippen molar-refractivity contribution in [3.63, 3.8) is 0 Å². The zero-order valence-corrected chi connectivity index (χ0v) is 29.4. The van der Waals surface area contributed by atoms with Crippen molar-refractivity contribution >= 4 is 36.0 Å². The summed E-state index contributed by atoms with van der Waals surface area (Å²) in [6.07, 6.45) is 6.54. The van der Waals surface area contributed by atoms with Gasteiger partial charge in [-0.25, -0.2) is 4.79 Å². The largest absolute Gasteiger partial charge is 0.466 e. The molecule has 4 atom stereocenters. The van der Waals surface area contributed by atoms with Gasteiger partial charge in [0.2, 0.25) is 17.6 Å². The number of amides is 5. The first-order chi connectivity index (χ1) is 22.1. The third-order valence-corrected chi connectivity index (χ3v) is 8.13. The van der Waals surface area contributed by atoms with E-state index in [1.165, 1.54) is 17.6 Å². The van der Waals surface area contributed by atoms with Gasteiger partial charge in [0.05, 0.1) is 12.3 Å². The van der Waals surface area contributed by atoms with Crippen LogP contribution in [0.25, 0.3) is 0 Å². The van der Waals surface area contributed by atoms with E-state index in [0.717, 1.165) is 19.3 Å². The van der Waals surface area contributed by atoms with Crippen LogP contribution >= 0.6 is 0 Å². The molecule has 13 heteroatoms. The number of hydrogen-bond acceptors (Lipinski definition) is 8. The van der Waals surface area contributed by atoms with Crippen molar-refractivity contribution in [3.8, 4) is 0 Å². The first kappa shape index (κ1) is 41.1. The molecule has 1 aromatic heterocycles. The number of nitrogens with zero attached hydrogens (tertiary/aromatic N) is 1. The number of ether oxygens (including phenoxy) is 1. The van der Waals surface area contributed by atoms with Gasteiger partial charge >= 0.3 is 6.03 Å². The monoisotopic (exact) mass is 663 g/mol. The molecule has 0 aromatic carbocycles. The molecule has 1 saturated carbocycles. The highest BCUT2D eigenvalue weighted by molar-refractivity contribution is 6.37. The van der Waals surface area contributed by atoms with Crippen LogP contribution in [-0.4, -0.2) is 72.1 Å². The van der Waals surface area contributed by atoms with Crippen LogP contribution < -0.4 is 21.7 Å². The van der Waals surface area contributed by atoms with Crippen LogP contribution in [0.5, 0.6) is 0 Å². The lowest BCUT2D eigenvalue weighted by atomic mass is 9.80. The number of hydrogen-bond donors (Lipinski definition) is 4. The highest BCUT2D eigenvalue weighted by Crippen LogP contribution is 2.33. The van der Waals surface area contributed by atoms with Gasteiger partial charge in [-0.3, -0.25) is 24.0 Å². The molecule has 1 aliphatic heterocycles. The number of carbonyl (C=O) groups is 6. The molecule has 2 fully saturated rings. The quantitative estimate of drug-likeness (QED) is 0.181. The van der Waals surface area contributed by atoms with Crippen LogP contribution in [0.4, 0.5) is 4.79 Å². The van der Waals surface area contributed by atoms with Gasteiger partial charge in [0.15, 0.2) is 0 Å². The molecular formula is C34H57N5O8.